The summed E-state index contributed by atoms with van der Waals surface area (Å²) in [6, 6.07) is 15.7. The van der Waals surface area contributed by atoms with Crippen LogP contribution in [-0.4, -0.2) is 42.7 Å². The summed E-state index contributed by atoms with van der Waals surface area (Å²) in [5, 5.41) is 13.4. The molecule has 4 heteroatoms. The Kier molecular flexibility index (Phi) is 5.51. The number of nitrogens with one attached hydrogen (secondary N) is 1. The predicted octanol–water partition coefficient (Wildman–Crippen LogP) is 2.42. The average molecular weight is 312 g/mol. The number of phenols is 1. The maximum absolute atomic E-state index is 9.99. The molecule has 2 aromatic rings. The third-order valence-electron chi connectivity index (χ3n) is 4.19. The monoisotopic (exact) mass is 312 g/mol. The van der Waals surface area contributed by atoms with Crippen molar-refractivity contribution in [1.82, 2.24) is 10.2 Å². The van der Waals surface area contributed by atoms with E-state index in [-0.39, 0.29) is 5.75 Å². The number of rotatable bonds is 6. The van der Waals surface area contributed by atoms with E-state index in [1.54, 1.807) is 6.07 Å². The molecule has 122 valence electrons. The highest BCUT2D eigenvalue weighted by molar-refractivity contribution is 5.42. The van der Waals surface area contributed by atoms with Crippen molar-refractivity contribution >= 4 is 0 Å². The van der Waals surface area contributed by atoms with Crippen LogP contribution in [0.2, 0.25) is 0 Å². The molecule has 4 nitrogen and oxygen atoms in total. The van der Waals surface area contributed by atoms with E-state index in [1.165, 1.54) is 5.56 Å². The molecule has 0 aliphatic carbocycles. The number of hydrogen-bond acceptors (Lipinski definition) is 4. The van der Waals surface area contributed by atoms with E-state index in [2.05, 4.69) is 10.2 Å². The molecule has 23 heavy (non-hydrogen) atoms. The minimum absolute atomic E-state index is 0.201. The molecule has 1 heterocycles. The number of piperazine rings is 1. The summed E-state index contributed by atoms with van der Waals surface area (Å²) in [6.45, 7) is 5.87. The predicted molar refractivity (Wildman–Crippen MR) is 91.9 cm³/mol. The van der Waals surface area contributed by atoms with Gasteiger partial charge < -0.3 is 20.1 Å². The van der Waals surface area contributed by atoms with Gasteiger partial charge in [0, 0.05) is 32.7 Å². The first-order valence-corrected chi connectivity index (χ1v) is 8.23. The Morgan fingerprint density at radius 1 is 1.00 bits per heavy atom. The lowest BCUT2D eigenvalue weighted by Gasteiger charge is -2.27. The third-order valence-corrected chi connectivity index (χ3v) is 4.19. The second-order valence-corrected chi connectivity index (χ2v) is 5.92. The van der Waals surface area contributed by atoms with E-state index in [4.69, 9.17) is 4.74 Å². The Morgan fingerprint density at radius 3 is 2.57 bits per heavy atom. The first-order valence-electron chi connectivity index (χ1n) is 8.23. The quantitative estimate of drug-likeness (QED) is 0.860. The van der Waals surface area contributed by atoms with Gasteiger partial charge in [0.15, 0.2) is 11.5 Å². The van der Waals surface area contributed by atoms with Gasteiger partial charge in [0.1, 0.15) is 6.61 Å². The van der Waals surface area contributed by atoms with Crippen molar-refractivity contribution in [2.45, 2.75) is 13.0 Å². The third kappa shape index (κ3) is 4.71. The van der Waals surface area contributed by atoms with Crippen LogP contribution in [0.15, 0.2) is 48.5 Å². The summed E-state index contributed by atoms with van der Waals surface area (Å²) in [4.78, 5) is 2.47. The molecule has 0 saturated carbocycles. The number of phenolic OH excluding ortho intramolecular Hbond substituents is 1. The molecule has 1 aliphatic heterocycles. The maximum Gasteiger partial charge on any atom is 0.161 e. The minimum atomic E-state index is 0.201. The van der Waals surface area contributed by atoms with Crippen molar-refractivity contribution < 1.29 is 9.84 Å². The molecular formula is C19H24N2O2. The number of benzene rings is 2. The van der Waals surface area contributed by atoms with Crippen LogP contribution >= 0.6 is 0 Å². The topological polar surface area (TPSA) is 44.7 Å². The Balaban J connectivity index is 1.57. The second kappa shape index (κ2) is 7.99. The summed E-state index contributed by atoms with van der Waals surface area (Å²) in [6.07, 6.45) is 0.974. The molecule has 2 N–H and O–H groups in total. The van der Waals surface area contributed by atoms with E-state index in [1.807, 2.05) is 42.5 Å². The highest BCUT2D eigenvalue weighted by Gasteiger charge is 2.10. The lowest BCUT2D eigenvalue weighted by Crippen LogP contribution is -2.44. The summed E-state index contributed by atoms with van der Waals surface area (Å²) < 4.78 is 5.78. The van der Waals surface area contributed by atoms with Crippen LogP contribution in [0.1, 0.15) is 11.1 Å². The summed E-state index contributed by atoms with van der Waals surface area (Å²) >= 11 is 0. The van der Waals surface area contributed by atoms with E-state index >= 15 is 0 Å². The SMILES string of the molecule is Oc1ccc(CCN2CCNCC2)cc1OCc1ccccc1. The Hall–Kier alpha value is -2.04. The van der Waals surface area contributed by atoms with Crippen LogP contribution < -0.4 is 10.1 Å². The highest BCUT2D eigenvalue weighted by atomic mass is 16.5. The van der Waals surface area contributed by atoms with Gasteiger partial charge in [-0.25, -0.2) is 0 Å². The van der Waals surface area contributed by atoms with E-state index in [0.29, 0.717) is 12.4 Å². The Labute approximate surface area is 137 Å². The van der Waals surface area contributed by atoms with E-state index in [9.17, 15) is 5.11 Å². The van der Waals surface area contributed by atoms with Crippen molar-refractivity contribution in [1.29, 1.82) is 0 Å². The van der Waals surface area contributed by atoms with Gasteiger partial charge in [-0.2, -0.15) is 0 Å². The molecular weight excluding hydrogens is 288 g/mol. The molecule has 0 atom stereocenters. The molecule has 1 aliphatic rings. The van der Waals surface area contributed by atoms with Crippen molar-refractivity contribution in [3.63, 3.8) is 0 Å². The molecule has 0 amide bonds. The zero-order valence-electron chi connectivity index (χ0n) is 13.4. The summed E-state index contributed by atoms with van der Waals surface area (Å²) in [7, 11) is 0. The van der Waals surface area contributed by atoms with Crippen LogP contribution in [-0.2, 0) is 13.0 Å². The molecule has 0 radical (unpaired) electrons. The molecule has 0 unspecified atom stereocenters. The van der Waals surface area contributed by atoms with Crippen molar-refractivity contribution in [3.05, 3.63) is 59.7 Å². The van der Waals surface area contributed by atoms with Gasteiger partial charge in [-0.1, -0.05) is 36.4 Å². The van der Waals surface area contributed by atoms with Crippen LogP contribution in [0, 0.1) is 0 Å². The lowest BCUT2D eigenvalue weighted by atomic mass is 10.1. The van der Waals surface area contributed by atoms with Gasteiger partial charge in [-0.05, 0) is 29.7 Å². The molecule has 0 bridgehead atoms. The van der Waals surface area contributed by atoms with Gasteiger partial charge in [0.25, 0.3) is 0 Å². The summed E-state index contributed by atoms with van der Waals surface area (Å²) in [5.41, 5.74) is 2.29. The van der Waals surface area contributed by atoms with Crippen LogP contribution in [0.4, 0.5) is 0 Å². The maximum atomic E-state index is 9.99. The van der Waals surface area contributed by atoms with Gasteiger partial charge in [0.2, 0.25) is 0 Å². The molecule has 0 aromatic heterocycles. The molecule has 1 fully saturated rings. The fraction of sp³-hybridized carbons (Fsp3) is 0.368. The molecule has 0 spiro atoms. The van der Waals surface area contributed by atoms with Gasteiger partial charge >= 0.3 is 0 Å². The van der Waals surface area contributed by atoms with E-state index in [0.717, 1.165) is 44.7 Å². The number of hydrogen-bond donors (Lipinski definition) is 2. The van der Waals surface area contributed by atoms with E-state index < -0.39 is 0 Å². The van der Waals surface area contributed by atoms with Crippen LogP contribution in [0.25, 0.3) is 0 Å². The molecule has 3 rings (SSSR count). The normalized spacial score (nSPS) is 15.5. The first-order chi connectivity index (χ1) is 11.3. The second-order valence-electron chi connectivity index (χ2n) is 5.92. The van der Waals surface area contributed by atoms with Crippen molar-refractivity contribution in [3.8, 4) is 11.5 Å². The minimum Gasteiger partial charge on any atom is -0.504 e. The molecule has 2 aromatic carbocycles. The fourth-order valence-electron chi connectivity index (χ4n) is 2.79. The number of ether oxygens (including phenoxy) is 1. The van der Waals surface area contributed by atoms with Crippen LogP contribution in [0.5, 0.6) is 11.5 Å². The highest BCUT2D eigenvalue weighted by Crippen LogP contribution is 2.28. The standard InChI is InChI=1S/C19H24N2O2/c22-18-7-6-16(8-11-21-12-9-20-10-13-21)14-19(18)23-15-17-4-2-1-3-5-17/h1-7,14,20,22H,8-13,15H2. The Morgan fingerprint density at radius 2 is 1.78 bits per heavy atom. The van der Waals surface area contributed by atoms with Crippen molar-refractivity contribution in [2.75, 3.05) is 32.7 Å². The number of aromatic hydroxyl groups is 1. The van der Waals surface area contributed by atoms with Crippen LogP contribution in [0.3, 0.4) is 0 Å². The largest absolute Gasteiger partial charge is 0.504 e. The number of nitrogens with zero attached hydrogens (tertiary/aromatic N) is 1. The molecule has 1 saturated heterocycles. The average Bonchev–Trinajstić information content (AvgIpc) is 2.62. The first kappa shape index (κ1) is 15.8. The van der Waals surface area contributed by atoms with Gasteiger partial charge in [-0.3, -0.25) is 0 Å². The zero-order valence-corrected chi connectivity index (χ0v) is 13.4. The summed E-state index contributed by atoms with van der Waals surface area (Å²) in [5.74, 6) is 0.763. The van der Waals surface area contributed by atoms with Gasteiger partial charge in [0.05, 0.1) is 0 Å². The zero-order chi connectivity index (χ0) is 15.9. The lowest BCUT2D eigenvalue weighted by molar-refractivity contribution is 0.243. The fourth-order valence-corrected chi connectivity index (χ4v) is 2.79. The van der Waals surface area contributed by atoms with Crippen molar-refractivity contribution in [2.24, 2.45) is 0 Å². The Bertz CT molecular complexity index is 610. The smallest absolute Gasteiger partial charge is 0.161 e. The van der Waals surface area contributed by atoms with Gasteiger partial charge in [-0.15, -0.1) is 0 Å².